The number of hydrogen-bond acceptors (Lipinski definition) is 8. The molecule has 1 rings (SSSR count). The van der Waals surface area contributed by atoms with Crippen LogP contribution < -0.4 is 5.32 Å². The summed E-state index contributed by atoms with van der Waals surface area (Å²) in [5, 5.41) is 54.3. The molecule has 0 saturated carbocycles. The van der Waals surface area contributed by atoms with E-state index in [0.29, 0.717) is 6.42 Å². The van der Waals surface area contributed by atoms with E-state index in [4.69, 9.17) is 9.47 Å². The van der Waals surface area contributed by atoms with Crippen LogP contribution in [0.1, 0.15) is 232 Å². The molecular formula is C54H99NO8. The Labute approximate surface area is 386 Å². The number of allylic oxidation sites excluding steroid dienone is 7. The lowest BCUT2D eigenvalue weighted by atomic mass is 9.99. The van der Waals surface area contributed by atoms with E-state index in [0.717, 1.165) is 57.8 Å². The van der Waals surface area contributed by atoms with Crippen molar-refractivity contribution in [3.63, 3.8) is 0 Å². The normalized spacial score (nSPS) is 20.5. The van der Waals surface area contributed by atoms with Crippen LogP contribution in [0.3, 0.4) is 0 Å². The number of amides is 1. The first-order valence-electron chi connectivity index (χ1n) is 26.4. The van der Waals surface area contributed by atoms with Crippen molar-refractivity contribution in [2.24, 2.45) is 0 Å². The first-order valence-corrected chi connectivity index (χ1v) is 26.4. The Morgan fingerprint density at radius 1 is 0.524 bits per heavy atom. The quantitative estimate of drug-likeness (QED) is 0.0262. The van der Waals surface area contributed by atoms with Gasteiger partial charge in [0.25, 0.3) is 0 Å². The number of aliphatic hydroxyl groups excluding tert-OH is 5. The van der Waals surface area contributed by atoms with Gasteiger partial charge in [0.2, 0.25) is 5.91 Å². The molecular weight excluding hydrogens is 791 g/mol. The van der Waals surface area contributed by atoms with Crippen LogP contribution in [0.4, 0.5) is 0 Å². The molecule has 1 aliphatic heterocycles. The second-order valence-electron chi connectivity index (χ2n) is 18.3. The summed E-state index contributed by atoms with van der Waals surface area (Å²) in [7, 11) is 0. The Morgan fingerprint density at radius 3 is 1.33 bits per heavy atom. The maximum atomic E-state index is 13.0. The van der Waals surface area contributed by atoms with Gasteiger partial charge in [-0.25, -0.2) is 0 Å². The molecule has 6 N–H and O–H groups in total. The fourth-order valence-electron chi connectivity index (χ4n) is 8.12. The van der Waals surface area contributed by atoms with E-state index in [1.807, 2.05) is 6.08 Å². The number of hydrogen-bond donors (Lipinski definition) is 6. The average molecular weight is 890 g/mol. The van der Waals surface area contributed by atoms with Gasteiger partial charge in [0.1, 0.15) is 24.4 Å². The minimum Gasteiger partial charge on any atom is -0.394 e. The molecule has 1 aliphatic rings. The molecule has 9 nitrogen and oxygen atoms in total. The van der Waals surface area contributed by atoms with Crippen molar-refractivity contribution in [1.82, 2.24) is 5.32 Å². The second-order valence-corrected chi connectivity index (χ2v) is 18.3. The predicted octanol–water partition coefficient (Wildman–Crippen LogP) is 12.2. The summed E-state index contributed by atoms with van der Waals surface area (Å²) < 4.78 is 11.2. The minimum absolute atomic E-state index is 0.195. The highest BCUT2D eigenvalue weighted by atomic mass is 16.7. The molecule has 7 unspecified atom stereocenters. The Morgan fingerprint density at radius 2 is 0.905 bits per heavy atom. The van der Waals surface area contributed by atoms with Crippen molar-refractivity contribution in [1.29, 1.82) is 0 Å². The van der Waals surface area contributed by atoms with Crippen molar-refractivity contribution < 1.29 is 39.8 Å². The Kier molecular flexibility index (Phi) is 41.3. The molecule has 9 heteroatoms. The third kappa shape index (κ3) is 34.2. The molecule has 7 atom stereocenters. The van der Waals surface area contributed by atoms with E-state index in [-0.39, 0.29) is 12.5 Å². The fourth-order valence-corrected chi connectivity index (χ4v) is 8.12. The number of ether oxygens (including phenoxy) is 2. The van der Waals surface area contributed by atoms with Gasteiger partial charge in [-0.1, -0.05) is 204 Å². The van der Waals surface area contributed by atoms with Crippen molar-refractivity contribution in [3.8, 4) is 0 Å². The standard InChI is InChI=1S/C54H99NO8/c1-3-5-7-9-11-13-15-17-19-21-22-23-24-25-26-28-29-31-33-35-37-39-41-43-48(57)47(46-62-54-53(61)52(60)51(59)49(45-56)63-54)55-50(58)44-42-40-38-36-34-32-30-27-20-18-16-14-12-10-8-6-4-2/h18,20,26,28,33,35,41,43,47-49,51-54,56-57,59-61H,3-17,19,21-25,27,29-32,34,36-40,42,44-46H2,1-2H3,(H,55,58)/b20-18-,28-26+,35-33+,43-41+. The largest absolute Gasteiger partial charge is 0.394 e. The topological polar surface area (TPSA) is 149 Å². The number of rotatable bonds is 44. The maximum Gasteiger partial charge on any atom is 0.220 e. The summed E-state index contributed by atoms with van der Waals surface area (Å²) in [6.45, 7) is 3.76. The van der Waals surface area contributed by atoms with Gasteiger partial charge in [0, 0.05) is 6.42 Å². The van der Waals surface area contributed by atoms with Crippen LogP contribution >= 0.6 is 0 Å². The van der Waals surface area contributed by atoms with Crippen LogP contribution in [0, 0.1) is 0 Å². The van der Waals surface area contributed by atoms with Crippen molar-refractivity contribution in [3.05, 3.63) is 48.6 Å². The molecule has 1 amide bonds. The summed E-state index contributed by atoms with van der Waals surface area (Å²) in [6.07, 6.45) is 50.2. The average Bonchev–Trinajstić information content (AvgIpc) is 3.28. The summed E-state index contributed by atoms with van der Waals surface area (Å²) in [5.74, 6) is -0.195. The first kappa shape index (κ1) is 59.2. The Bertz CT molecular complexity index is 1130. The molecule has 0 bridgehead atoms. The van der Waals surface area contributed by atoms with Gasteiger partial charge < -0.3 is 40.3 Å². The summed E-state index contributed by atoms with van der Waals surface area (Å²) in [6, 6.07) is -0.831. The van der Waals surface area contributed by atoms with Crippen LogP contribution in [0.15, 0.2) is 48.6 Å². The molecule has 0 aliphatic carbocycles. The SMILES string of the molecule is CCCCCCCC/C=C\CCCCCCCCCC(=O)NC(COC1OC(CO)C(O)C(O)C1O)C(O)/C=C/CC/C=C/CC/C=C/CCCCCCCCCCCCCCC. The van der Waals surface area contributed by atoms with Crippen LogP contribution in [0.5, 0.6) is 0 Å². The zero-order chi connectivity index (χ0) is 45.9. The molecule has 1 fully saturated rings. The van der Waals surface area contributed by atoms with Crippen LogP contribution in [-0.4, -0.2) is 87.5 Å². The highest BCUT2D eigenvalue weighted by Crippen LogP contribution is 2.23. The smallest absolute Gasteiger partial charge is 0.220 e. The number of carbonyl (C=O) groups excluding carboxylic acids is 1. The predicted molar refractivity (Wildman–Crippen MR) is 263 cm³/mol. The van der Waals surface area contributed by atoms with E-state index < -0.39 is 49.5 Å². The molecule has 1 heterocycles. The lowest BCUT2D eigenvalue weighted by Gasteiger charge is -2.40. The molecule has 63 heavy (non-hydrogen) atoms. The summed E-state index contributed by atoms with van der Waals surface area (Å²) >= 11 is 0. The van der Waals surface area contributed by atoms with Crippen molar-refractivity contribution in [2.75, 3.05) is 13.2 Å². The summed E-state index contributed by atoms with van der Waals surface area (Å²) in [5.41, 5.74) is 0. The molecule has 0 aromatic rings. The lowest BCUT2D eigenvalue weighted by Crippen LogP contribution is -2.60. The number of unbranched alkanes of at least 4 members (excludes halogenated alkanes) is 28. The first-order chi connectivity index (χ1) is 30.8. The summed E-state index contributed by atoms with van der Waals surface area (Å²) in [4.78, 5) is 13.0. The number of carbonyl (C=O) groups is 1. The van der Waals surface area contributed by atoms with Gasteiger partial charge in [-0.3, -0.25) is 4.79 Å². The van der Waals surface area contributed by atoms with E-state index in [9.17, 15) is 30.3 Å². The highest BCUT2D eigenvalue weighted by Gasteiger charge is 2.44. The van der Waals surface area contributed by atoms with Gasteiger partial charge in [-0.05, 0) is 70.6 Å². The zero-order valence-corrected chi connectivity index (χ0v) is 40.6. The van der Waals surface area contributed by atoms with Crippen LogP contribution in [-0.2, 0) is 14.3 Å². The van der Waals surface area contributed by atoms with Crippen molar-refractivity contribution in [2.45, 2.75) is 275 Å². The molecule has 368 valence electrons. The third-order valence-corrected chi connectivity index (χ3v) is 12.4. The maximum absolute atomic E-state index is 13.0. The fraction of sp³-hybridized carbons (Fsp3) is 0.833. The van der Waals surface area contributed by atoms with Crippen LogP contribution in [0.25, 0.3) is 0 Å². The molecule has 0 aromatic carbocycles. The van der Waals surface area contributed by atoms with Crippen molar-refractivity contribution >= 4 is 5.91 Å². The Balaban J connectivity index is 2.33. The van der Waals surface area contributed by atoms with E-state index in [2.05, 4.69) is 55.6 Å². The third-order valence-electron chi connectivity index (χ3n) is 12.4. The van der Waals surface area contributed by atoms with Gasteiger partial charge in [-0.2, -0.15) is 0 Å². The van der Waals surface area contributed by atoms with E-state index in [1.54, 1.807) is 6.08 Å². The number of aliphatic hydroxyl groups is 5. The Hall–Kier alpha value is -1.85. The van der Waals surface area contributed by atoms with E-state index in [1.165, 1.54) is 154 Å². The molecule has 0 spiro atoms. The molecule has 0 aromatic heterocycles. The zero-order valence-electron chi connectivity index (χ0n) is 40.6. The number of nitrogens with one attached hydrogen (secondary N) is 1. The molecule has 0 radical (unpaired) electrons. The van der Waals surface area contributed by atoms with Crippen LogP contribution in [0.2, 0.25) is 0 Å². The van der Waals surface area contributed by atoms with Gasteiger partial charge in [0.15, 0.2) is 6.29 Å². The van der Waals surface area contributed by atoms with Gasteiger partial charge in [0.05, 0.1) is 25.4 Å². The lowest BCUT2D eigenvalue weighted by molar-refractivity contribution is -0.302. The van der Waals surface area contributed by atoms with E-state index >= 15 is 0 Å². The van der Waals surface area contributed by atoms with Gasteiger partial charge in [-0.15, -0.1) is 0 Å². The minimum atomic E-state index is -1.58. The van der Waals surface area contributed by atoms with Gasteiger partial charge >= 0.3 is 0 Å². The highest BCUT2D eigenvalue weighted by molar-refractivity contribution is 5.76. The second kappa shape index (κ2) is 44.0. The monoisotopic (exact) mass is 890 g/mol. The molecule has 1 saturated heterocycles.